The normalized spacial score (nSPS) is 18.0. The first-order valence-corrected chi connectivity index (χ1v) is 12.3. The molecule has 0 N–H and O–H groups in total. The fraction of sp³-hybridized carbons (Fsp3) is 0.522. The third-order valence-corrected chi connectivity index (χ3v) is 7.30. The number of hydrogen-bond acceptors (Lipinski definition) is 6. The molecule has 1 fully saturated rings. The minimum atomic E-state index is -2.91. The number of aryl methyl sites for hydroxylation is 1. The summed E-state index contributed by atoms with van der Waals surface area (Å²) in [6, 6.07) is 8.13. The predicted octanol–water partition coefficient (Wildman–Crippen LogP) is 3.72. The summed E-state index contributed by atoms with van der Waals surface area (Å²) in [5.74, 6) is 2.01. The minimum absolute atomic E-state index is 0.0636. The van der Waals surface area contributed by atoms with Gasteiger partial charge in [0, 0.05) is 29.8 Å². The molecule has 1 unspecified atom stereocenters. The van der Waals surface area contributed by atoms with Crippen LogP contribution in [0.25, 0.3) is 11.1 Å². The number of rotatable bonds is 9. The molecule has 2 heterocycles. The van der Waals surface area contributed by atoms with Crippen LogP contribution in [0.3, 0.4) is 0 Å². The Morgan fingerprint density at radius 2 is 2.10 bits per heavy atom. The smallest absolute Gasteiger partial charge is 0.221 e. The lowest BCUT2D eigenvalue weighted by Crippen LogP contribution is -2.20. The van der Waals surface area contributed by atoms with Crippen molar-refractivity contribution < 1.29 is 17.9 Å². The van der Waals surface area contributed by atoms with Gasteiger partial charge in [-0.15, -0.1) is 0 Å². The van der Waals surface area contributed by atoms with E-state index in [1.165, 1.54) is 0 Å². The monoisotopic (exact) mass is 432 g/mol. The Hall–Kier alpha value is -2.12. The second-order valence-electron chi connectivity index (χ2n) is 8.16. The second-order valence-corrected chi connectivity index (χ2v) is 10.4. The maximum atomic E-state index is 11.8. The lowest BCUT2D eigenvalue weighted by molar-refractivity contribution is 0.252. The van der Waals surface area contributed by atoms with Crippen LogP contribution in [0.4, 0.5) is 0 Å². The molecule has 164 valence electrons. The van der Waals surface area contributed by atoms with Crippen molar-refractivity contribution in [3.63, 3.8) is 0 Å². The maximum absolute atomic E-state index is 11.8. The molecule has 6 nitrogen and oxygen atoms in total. The van der Waals surface area contributed by atoms with Gasteiger partial charge in [0.2, 0.25) is 5.88 Å². The number of hydrogen-bond donors (Lipinski definition) is 0. The van der Waals surface area contributed by atoms with E-state index in [2.05, 4.69) is 36.0 Å². The fourth-order valence-electron chi connectivity index (χ4n) is 4.06. The summed E-state index contributed by atoms with van der Waals surface area (Å²) in [6.07, 6.45) is 3.47. The molecule has 3 rings (SSSR count). The van der Waals surface area contributed by atoms with Gasteiger partial charge in [-0.05, 0) is 68.8 Å². The molecule has 1 aliphatic rings. The van der Waals surface area contributed by atoms with Gasteiger partial charge in [-0.25, -0.2) is 13.4 Å². The van der Waals surface area contributed by atoms with Crippen molar-refractivity contribution in [2.75, 3.05) is 38.8 Å². The molecule has 1 aromatic carbocycles. The van der Waals surface area contributed by atoms with Crippen LogP contribution in [0, 0.1) is 12.8 Å². The molecule has 1 aromatic heterocycles. The molecule has 0 spiro atoms. The second kappa shape index (κ2) is 9.79. The number of aromatic nitrogens is 1. The Bertz CT molecular complexity index is 975. The summed E-state index contributed by atoms with van der Waals surface area (Å²) < 4.78 is 35.3. The van der Waals surface area contributed by atoms with Crippen molar-refractivity contribution in [2.24, 2.45) is 5.92 Å². The quantitative estimate of drug-likeness (QED) is 0.602. The van der Waals surface area contributed by atoms with E-state index in [-0.39, 0.29) is 17.4 Å². The summed E-state index contributed by atoms with van der Waals surface area (Å²) in [7, 11) is 0.821. The molecule has 0 saturated carbocycles. The third kappa shape index (κ3) is 5.52. The Morgan fingerprint density at radius 1 is 1.30 bits per heavy atom. The highest BCUT2D eigenvalue weighted by molar-refractivity contribution is 7.91. The van der Waals surface area contributed by atoms with E-state index in [0.717, 1.165) is 47.5 Å². The average Bonchev–Trinajstić information content (AvgIpc) is 3.06. The van der Waals surface area contributed by atoms with Crippen LogP contribution >= 0.6 is 0 Å². The Kier molecular flexibility index (Phi) is 7.36. The standard InChI is InChI=1S/C23H32N2O4S/c1-5-10-25(3)14-20-13-19(21-7-6-9-24-23(21)28-4)12-17(2)22(20)29-15-18-8-11-30(26,27)16-18/h6-7,9,12-13,18H,5,8,10-11,14-16H2,1-4H3. The highest BCUT2D eigenvalue weighted by atomic mass is 32.2. The fourth-order valence-corrected chi connectivity index (χ4v) is 5.90. The van der Waals surface area contributed by atoms with Gasteiger partial charge in [0.25, 0.3) is 0 Å². The van der Waals surface area contributed by atoms with Gasteiger partial charge in [-0.1, -0.05) is 6.92 Å². The van der Waals surface area contributed by atoms with Crippen LogP contribution in [0.15, 0.2) is 30.5 Å². The molecule has 0 amide bonds. The molecular formula is C23H32N2O4S. The SMILES string of the molecule is CCCN(C)Cc1cc(-c2cccnc2OC)cc(C)c1OCC1CCS(=O)(=O)C1. The molecule has 1 aliphatic heterocycles. The van der Waals surface area contributed by atoms with Gasteiger partial charge in [-0.3, -0.25) is 0 Å². The van der Waals surface area contributed by atoms with E-state index >= 15 is 0 Å². The van der Waals surface area contributed by atoms with Crippen LogP contribution in [-0.2, 0) is 16.4 Å². The Morgan fingerprint density at radius 3 is 2.77 bits per heavy atom. The topological polar surface area (TPSA) is 68.7 Å². The first kappa shape index (κ1) is 22.6. The maximum Gasteiger partial charge on any atom is 0.221 e. The average molecular weight is 433 g/mol. The zero-order chi connectivity index (χ0) is 21.7. The van der Waals surface area contributed by atoms with E-state index in [1.54, 1.807) is 13.3 Å². The molecule has 30 heavy (non-hydrogen) atoms. The van der Waals surface area contributed by atoms with E-state index < -0.39 is 9.84 Å². The number of benzene rings is 1. The molecule has 1 atom stereocenters. The van der Waals surface area contributed by atoms with E-state index in [0.29, 0.717) is 18.9 Å². The van der Waals surface area contributed by atoms with Gasteiger partial charge in [0.05, 0.1) is 25.2 Å². The number of pyridine rings is 1. The van der Waals surface area contributed by atoms with Crippen LogP contribution in [0.5, 0.6) is 11.6 Å². The van der Waals surface area contributed by atoms with Gasteiger partial charge >= 0.3 is 0 Å². The zero-order valence-corrected chi connectivity index (χ0v) is 19.2. The number of ether oxygens (including phenoxy) is 2. The summed E-state index contributed by atoms with van der Waals surface area (Å²) in [5.41, 5.74) is 4.09. The Labute approximate surface area is 180 Å². The van der Waals surface area contributed by atoms with Crippen LogP contribution < -0.4 is 9.47 Å². The summed E-state index contributed by atoms with van der Waals surface area (Å²) in [4.78, 5) is 6.60. The lowest BCUT2D eigenvalue weighted by Gasteiger charge is -2.22. The lowest BCUT2D eigenvalue weighted by atomic mass is 9.99. The van der Waals surface area contributed by atoms with Gasteiger partial charge in [0.15, 0.2) is 9.84 Å². The highest BCUT2D eigenvalue weighted by Gasteiger charge is 2.28. The summed E-state index contributed by atoms with van der Waals surface area (Å²) in [5, 5.41) is 0. The number of nitrogens with zero attached hydrogens (tertiary/aromatic N) is 2. The van der Waals surface area contributed by atoms with Gasteiger partial charge < -0.3 is 14.4 Å². The first-order valence-electron chi connectivity index (χ1n) is 10.5. The number of sulfone groups is 1. The van der Waals surface area contributed by atoms with Crippen molar-refractivity contribution in [1.82, 2.24) is 9.88 Å². The van der Waals surface area contributed by atoms with Crippen LogP contribution in [-0.4, -0.2) is 57.1 Å². The minimum Gasteiger partial charge on any atom is -0.493 e. The summed E-state index contributed by atoms with van der Waals surface area (Å²) in [6.45, 7) is 6.37. The van der Waals surface area contributed by atoms with Crippen LogP contribution in [0.2, 0.25) is 0 Å². The van der Waals surface area contributed by atoms with Gasteiger partial charge in [0.1, 0.15) is 5.75 Å². The largest absolute Gasteiger partial charge is 0.493 e. The first-order chi connectivity index (χ1) is 14.3. The third-order valence-electron chi connectivity index (χ3n) is 5.46. The zero-order valence-electron chi connectivity index (χ0n) is 18.3. The molecule has 1 saturated heterocycles. The van der Waals surface area contributed by atoms with E-state index in [4.69, 9.17) is 9.47 Å². The Balaban J connectivity index is 1.92. The van der Waals surface area contributed by atoms with Crippen molar-refractivity contribution in [3.05, 3.63) is 41.6 Å². The van der Waals surface area contributed by atoms with E-state index in [9.17, 15) is 8.42 Å². The molecular weight excluding hydrogens is 400 g/mol. The van der Waals surface area contributed by atoms with Crippen molar-refractivity contribution in [2.45, 2.75) is 33.2 Å². The molecule has 2 aromatic rings. The highest BCUT2D eigenvalue weighted by Crippen LogP contribution is 2.35. The molecule has 0 radical (unpaired) electrons. The van der Waals surface area contributed by atoms with E-state index in [1.807, 2.05) is 19.1 Å². The van der Waals surface area contributed by atoms with Crippen molar-refractivity contribution in [3.8, 4) is 22.8 Å². The van der Waals surface area contributed by atoms with Gasteiger partial charge in [-0.2, -0.15) is 0 Å². The molecule has 7 heteroatoms. The van der Waals surface area contributed by atoms with Crippen molar-refractivity contribution >= 4 is 9.84 Å². The van der Waals surface area contributed by atoms with Crippen LogP contribution in [0.1, 0.15) is 30.9 Å². The summed E-state index contributed by atoms with van der Waals surface area (Å²) >= 11 is 0. The van der Waals surface area contributed by atoms with Crippen molar-refractivity contribution in [1.29, 1.82) is 0 Å². The number of methoxy groups -OCH3 is 1. The predicted molar refractivity (Wildman–Crippen MR) is 120 cm³/mol. The molecule has 0 bridgehead atoms. The molecule has 0 aliphatic carbocycles.